The van der Waals surface area contributed by atoms with E-state index in [-0.39, 0.29) is 30.2 Å². The molecule has 0 aromatic heterocycles. The molecule has 6 nitrogen and oxygen atoms in total. The summed E-state index contributed by atoms with van der Waals surface area (Å²) in [5.74, 6) is -2.56. The van der Waals surface area contributed by atoms with Crippen LogP contribution in [0.15, 0.2) is 18.2 Å². The Kier molecular flexibility index (Phi) is 9.20. The highest BCUT2D eigenvalue weighted by molar-refractivity contribution is 5.91. The molecule has 3 N–H and O–H groups in total. The molecular weight excluding hydrogens is 428 g/mol. The predicted molar refractivity (Wildman–Crippen MR) is 122 cm³/mol. The minimum Gasteiger partial charge on any atom is -0.389 e. The molecule has 0 radical (unpaired) electrons. The molecule has 2 fully saturated rings. The first-order valence-corrected chi connectivity index (χ1v) is 12.3. The topological polar surface area (TPSA) is 81.7 Å². The van der Waals surface area contributed by atoms with Crippen molar-refractivity contribution in [3.8, 4) is 0 Å². The second kappa shape index (κ2) is 11.9. The Hall–Kier alpha value is -2.06. The maximum Gasteiger partial charge on any atom is 0.226 e. The van der Waals surface area contributed by atoms with Gasteiger partial charge >= 0.3 is 0 Å². The Balaban J connectivity index is 1.77. The lowest BCUT2D eigenvalue weighted by Crippen LogP contribution is -2.56. The third-order valence-corrected chi connectivity index (χ3v) is 6.97. The largest absolute Gasteiger partial charge is 0.389 e. The number of amides is 2. The molecule has 5 atom stereocenters. The van der Waals surface area contributed by atoms with Crippen LogP contribution in [0.2, 0.25) is 0 Å². The SMILES string of the molecule is CCCCN1CC(C(=O)N[C@@H](Cc2cc(F)cc(F)c2)[C@H](O)[C@H]2CCCCN2)C(CC)C1=O. The van der Waals surface area contributed by atoms with Crippen LogP contribution in [0.5, 0.6) is 0 Å². The molecule has 0 spiro atoms. The van der Waals surface area contributed by atoms with Crippen LogP contribution in [0.1, 0.15) is 57.9 Å². The van der Waals surface area contributed by atoms with Crippen LogP contribution >= 0.6 is 0 Å². The number of hydrogen-bond acceptors (Lipinski definition) is 4. The van der Waals surface area contributed by atoms with Gasteiger partial charge in [0, 0.05) is 25.2 Å². The summed E-state index contributed by atoms with van der Waals surface area (Å²) in [5.41, 5.74) is 0.367. The van der Waals surface area contributed by atoms with Crippen LogP contribution in [-0.4, -0.2) is 59.6 Å². The minimum absolute atomic E-state index is 0.00403. The van der Waals surface area contributed by atoms with E-state index in [0.29, 0.717) is 25.1 Å². The van der Waals surface area contributed by atoms with Crippen molar-refractivity contribution in [3.63, 3.8) is 0 Å². The Morgan fingerprint density at radius 3 is 2.58 bits per heavy atom. The Morgan fingerprint density at radius 2 is 1.97 bits per heavy atom. The highest BCUT2D eigenvalue weighted by atomic mass is 19.1. The van der Waals surface area contributed by atoms with Crippen LogP contribution in [0.4, 0.5) is 8.78 Å². The fourth-order valence-corrected chi connectivity index (χ4v) is 5.12. The number of benzene rings is 1. The second-order valence-electron chi connectivity index (χ2n) is 9.40. The average Bonchev–Trinajstić information content (AvgIpc) is 3.12. The monoisotopic (exact) mass is 465 g/mol. The third kappa shape index (κ3) is 6.51. The van der Waals surface area contributed by atoms with Crippen molar-refractivity contribution in [2.45, 2.75) is 77.0 Å². The number of halogens is 2. The molecular formula is C25H37F2N3O3. The molecule has 0 aliphatic carbocycles. The average molecular weight is 466 g/mol. The third-order valence-electron chi connectivity index (χ3n) is 6.97. The fourth-order valence-electron chi connectivity index (χ4n) is 5.12. The number of nitrogens with one attached hydrogen (secondary N) is 2. The highest BCUT2D eigenvalue weighted by Crippen LogP contribution is 2.29. The van der Waals surface area contributed by atoms with Crippen molar-refractivity contribution in [1.82, 2.24) is 15.5 Å². The van der Waals surface area contributed by atoms with E-state index in [1.54, 1.807) is 4.90 Å². The summed E-state index contributed by atoms with van der Waals surface area (Å²) < 4.78 is 27.6. The number of piperidine rings is 1. The van der Waals surface area contributed by atoms with E-state index in [9.17, 15) is 23.5 Å². The van der Waals surface area contributed by atoms with E-state index in [0.717, 1.165) is 44.7 Å². The first-order chi connectivity index (χ1) is 15.8. The van der Waals surface area contributed by atoms with Gasteiger partial charge in [-0.1, -0.05) is 26.7 Å². The van der Waals surface area contributed by atoms with Crippen molar-refractivity contribution in [1.29, 1.82) is 0 Å². The number of carbonyl (C=O) groups excluding carboxylic acids is 2. The zero-order valence-electron chi connectivity index (χ0n) is 19.7. The number of hydrogen-bond donors (Lipinski definition) is 3. The Morgan fingerprint density at radius 1 is 1.24 bits per heavy atom. The molecule has 2 heterocycles. The number of unbranched alkanes of at least 4 members (excludes halogenated alkanes) is 1. The van der Waals surface area contributed by atoms with Crippen LogP contribution in [0.25, 0.3) is 0 Å². The van der Waals surface area contributed by atoms with Crippen molar-refractivity contribution < 1.29 is 23.5 Å². The molecule has 2 aliphatic rings. The summed E-state index contributed by atoms with van der Waals surface area (Å²) in [6, 6.07) is 2.31. The molecule has 2 aliphatic heterocycles. The number of aliphatic hydroxyl groups excluding tert-OH is 1. The minimum atomic E-state index is -0.922. The van der Waals surface area contributed by atoms with E-state index in [1.807, 2.05) is 6.92 Å². The van der Waals surface area contributed by atoms with Gasteiger partial charge in [-0.05, 0) is 56.3 Å². The molecule has 2 unspecified atom stereocenters. The van der Waals surface area contributed by atoms with E-state index in [1.165, 1.54) is 12.1 Å². The molecule has 0 saturated carbocycles. The Labute approximate surface area is 195 Å². The van der Waals surface area contributed by atoms with E-state index in [4.69, 9.17) is 0 Å². The van der Waals surface area contributed by atoms with Crippen LogP contribution in [0.3, 0.4) is 0 Å². The smallest absolute Gasteiger partial charge is 0.226 e. The summed E-state index contributed by atoms with van der Waals surface area (Å²) in [5, 5.41) is 17.4. The molecule has 1 aromatic rings. The van der Waals surface area contributed by atoms with Crippen molar-refractivity contribution >= 4 is 11.8 Å². The maximum atomic E-state index is 13.8. The fraction of sp³-hybridized carbons (Fsp3) is 0.680. The van der Waals surface area contributed by atoms with Gasteiger partial charge in [0.1, 0.15) is 11.6 Å². The zero-order valence-corrected chi connectivity index (χ0v) is 19.7. The Bertz CT molecular complexity index is 796. The molecule has 3 rings (SSSR count). The molecule has 2 saturated heterocycles. The molecule has 1 aromatic carbocycles. The number of aliphatic hydroxyl groups is 1. The number of carbonyl (C=O) groups is 2. The summed E-state index contributed by atoms with van der Waals surface area (Å²) in [7, 11) is 0. The number of rotatable bonds is 10. The van der Waals surface area contributed by atoms with Gasteiger partial charge in [-0.25, -0.2) is 8.78 Å². The summed E-state index contributed by atoms with van der Waals surface area (Å²) in [4.78, 5) is 27.9. The lowest BCUT2D eigenvalue weighted by molar-refractivity contribution is -0.134. The van der Waals surface area contributed by atoms with Crippen molar-refractivity contribution in [2.75, 3.05) is 19.6 Å². The van der Waals surface area contributed by atoms with E-state index in [2.05, 4.69) is 17.6 Å². The van der Waals surface area contributed by atoms with E-state index < -0.39 is 29.7 Å². The quantitative estimate of drug-likeness (QED) is 0.496. The summed E-state index contributed by atoms with van der Waals surface area (Å²) in [6.07, 6.45) is 4.32. The van der Waals surface area contributed by atoms with Gasteiger partial charge < -0.3 is 20.6 Å². The van der Waals surface area contributed by atoms with Gasteiger partial charge in [-0.2, -0.15) is 0 Å². The van der Waals surface area contributed by atoms with Gasteiger partial charge in [0.25, 0.3) is 0 Å². The summed E-state index contributed by atoms with van der Waals surface area (Å²) >= 11 is 0. The lowest BCUT2D eigenvalue weighted by Gasteiger charge is -2.34. The van der Waals surface area contributed by atoms with Crippen molar-refractivity contribution in [3.05, 3.63) is 35.4 Å². The maximum absolute atomic E-state index is 13.8. The molecule has 33 heavy (non-hydrogen) atoms. The van der Waals surface area contributed by atoms with Gasteiger partial charge in [0.2, 0.25) is 11.8 Å². The standard InChI is InChI=1S/C25H37F2N3O3/c1-3-5-10-30-15-20(19(4-2)25(30)33)24(32)29-22(23(31)21-8-6-7-9-28-21)13-16-11-17(26)14-18(27)12-16/h11-12,14,19-23,28,31H,3-10,13,15H2,1-2H3,(H,29,32)/t19?,20?,21-,22+,23-/m1/s1. The first kappa shape index (κ1) is 25.6. The normalized spacial score (nSPS) is 25.2. The van der Waals surface area contributed by atoms with Crippen LogP contribution in [-0.2, 0) is 16.0 Å². The van der Waals surface area contributed by atoms with Gasteiger partial charge in [0.15, 0.2) is 0 Å². The first-order valence-electron chi connectivity index (χ1n) is 12.3. The number of nitrogens with zero attached hydrogens (tertiary/aromatic N) is 1. The van der Waals surface area contributed by atoms with E-state index >= 15 is 0 Å². The predicted octanol–water partition coefficient (Wildman–Crippen LogP) is 2.78. The van der Waals surface area contributed by atoms with Gasteiger partial charge in [-0.15, -0.1) is 0 Å². The summed E-state index contributed by atoms with van der Waals surface area (Å²) in [6.45, 7) is 5.74. The van der Waals surface area contributed by atoms with Crippen LogP contribution in [0, 0.1) is 23.5 Å². The molecule has 8 heteroatoms. The lowest BCUT2D eigenvalue weighted by atomic mass is 9.89. The van der Waals surface area contributed by atoms with Crippen molar-refractivity contribution in [2.24, 2.45) is 11.8 Å². The molecule has 2 amide bonds. The van der Waals surface area contributed by atoms with Crippen LogP contribution < -0.4 is 10.6 Å². The number of likely N-dealkylation sites (tertiary alicyclic amines) is 1. The van der Waals surface area contributed by atoms with Gasteiger partial charge in [-0.3, -0.25) is 9.59 Å². The molecule has 0 bridgehead atoms. The highest BCUT2D eigenvalue weighted by Gasteiger charge is 2.43. The molecule has 184 valence electrons. The second-order valence-corrected chi connectivity index (χ2v) is 9.40. The van der Waals surface area contributed by atoms with Gasteiger partial charge in [0.05, 0.1) is 24.0 Å². The zero-order chi connectivity index (χ0) is 24.0.